The number of anilines is 1. The lowest BCUT2D eigenvalue weighted by molar-refractivity contribution is -0.118. The highest BCUT2D eigenvalue weighted by Gasteiger charge is 2.22. The lowest BCUT2D eigenvalue weighted by atomic mass is 10.0. The maximum Gasteiger partial charge on any atom is 0.262 e. The first-order chi connectivity index (χ1) is 11.9. The molecule has 0 radical (unpaired) electrons. The standard InChI is InChI=1S/C19H20N2O4/c1-11-6-12(2)8-13(7-11)16(22)9-20-19(24)14-4-3-5-15-18(14)25-10-17(23)21-15/h3-8,16,22H,9-10H2,1-2H3,(H,20,24)(H,21,23). The van der Waals surface area contributed by atoms with E-state index in [4.69, 9.17) is 4.74 Å². The largest absolute Gasteiger partial charge is 0.481 e. The number of nitrogens with one attached hydrogen (secondary N) is 2. The summed E-state index contributed by atoms with van der Waals surface area (Å²) >= 11 is 0. The van der Waals surface area contributed by atoms with Crippen molar-refractivity contribution in [1.82, 2.24) is 5.32 Å². The maximum absolute atomic E-state index is 12.5. The average Bonchev–Trinajstić information content (AvgIpc) is 2.57. The molecule has 6 heteroatoms. The molecule has 0 aromatic heterocycles. The van der Waals surface area contributed by atoms with Gasteiger partial charge in [0.25, 0.3) is 11.8 Å². The smallest absolute Gasteiger partial charge is 0.262 e. The van der Waals surface area contributed by atoms with E-state index >= 15 is 0 Å². The molecule has 2 amide bonds. The number of aliphatic hydroxyl groups excluding tert-OH is 1. The molecule has 1 atom stereocenters. The van der Waals surface area contributed by atoms with Gasteiger partial charge in [-0.1, -0.05) is 35.4 Å². The number of carbonyl (C=O) groups is 2. The van der Waals surface area contributed by atoms with Gasteiger partial charge in [-0.15, -0.1) is 0 Å². The Kier molecular flexibility index (Phi) is 4.72. The molecule has 2 aromatic rings. The number of hydrogen-bond donors (Lipinski definition) is 3. The Balaban J connectivity index is 1.71. The summed E-state index contributed by atoms with van der Waals surface area (Å²) in [6.07, 6.45) is -0.803. The van der Waals surface area contributed by atoms with Gasteiger partial charge in [0.1, 0.15) is 0 Å². The van der Waals surface area contributed by atoms with Gasteiger partial charge < -0.3 is 20.5 Å². The summed E-state index contributed by atoms with van der Waals surface area (Å²) in [5.41, 5.74) is 3.67. The van der Waals surface area contributed by atoms with Crippen molar-refractivity contribution in [3.05, 3.63) is 58.7 Å². The Hall–Kier alpha value is -2.86. The van der Waals surface area contributed by atoms with Crippen LogP contribution in [0.3, 0.4) is 0 Å². The van der Waals surface area contributed by atoms with E-state index in [0.29, 0.717) is 17.0 Å². The number of para-hydroxylation sites is 1. The van der Waals surface area contributed by atoms with Crippen LogP contribution in [-0.2, 0) is 4.79 Å². The van der Waals surface area contributed by atoms with Crippen molar-refractivity contribution in [2.24, 2.45) is 0 Å². The lowest BCUT2D eigenvalue weighted by Gasteiger charge is -2.20. The quantitative estimate of drug-likeness (QED) is 0.795. The number of hydrogen-bond acceptors (Lipinski definition) is 4. The normalized spacial score (nSPS) is 14.1. The van der Waals surface area contributed by atoms with Crippen LogP contribution in [0.15, 0.2) is 36.4 Å². The minimum atomic E-state index is -0.803. The average molecular weight is 340 g/mol. The number of benzene rings is 2. The molecule has 1 aliphatic heterocycles. The molecule has 130 valence electrons. The van der Waals surface area contributed by atoms with Gasteiger partial charge >= 0.3 is 0 Å². The summed E-state index contributed by atoms with van der Waals surface area (Å²) in [5.74, 6) is -0.271. The van der Waals surface area contributed by atoms with Crippen LogP contribution in [0.25, 0.3) is 0 Å². The third kappa shape index (κ3) is 3.80. The summed E-state index contributed by atoms with van der Waals surface area (Å²) in [6.45, 7) is 3.88. The second-order valence-electron chi connectivity index (χ2n) is 6.17. The highest BCUT2D eigenvalue weighted by Crippen LogP contribution is 2.31. The van der Waals surface area contributed by atoms with Crippen LogP contribution in [0.5, 0.6) is 5.75 Å². The lowest BCUT2D eigenvalue weighted by Crippen LogP contribution is -2.31. The maximum atomic E-state index is 12.5. The molecule has 6 nitrogen and oxygen atoms in total. The summed E-state index contributed by atoms with van der Waals surface area (Å²) in [7, 11) is 0. The zero-order valence-electron chi connectivity index (χ0n) is 14.1. The SMILES string of the molecule is Cc1cc(C)cc(C(O)CNC(=O)c2cccc3c2OCC(=O)N3)c1. The van der Waals surface area contributed by atoms with Gasteiger partial charge in [0, 0.05) is 6.54 Å². The molecule has 0 fully saturated rings. The Bertz CT molecular complexity index is 812. The molecule has 0 saturated carbocycles. The predicted octanol–water partition coefficient (Wildman–Crippen LogP) is 2.10. The van der Waals surface area contributed by atoms with Gasteiger partial charge in [0.15, 0.2) is 12.4 Å². The zero-order valence-corrected chi connectivity index (χ0v) is 14.1. The van der Waals surface area contributed by atoms with E-state index in [0.717, 1.165) is 16.7 Å². The molecule has 0 bridgehead atoms. The second kappa shape index (κ2) is 6.94. The van der Waals surface area contributed by atoms with Gasteiger partial charge in [-0.2, -0.15) is 0 Å². The van der Waals surface area contributed by atoms with Crippen molar-refractivity contribution in [2.45, 2.75) is 20.0 Å². The summed E-state index contributed by atoms with van der Waals surface area (Å²) < 4.78 is 5.38. The third-order valence-corrected chi connectivity index (χ3v) is 3.97. The first-order valence-corrected chi connectivity index (χ1v) is 8.04. The molecule has 0 saturated heterocycles. The van der Waals surface area contributed by atoms with Gasteiger partial charge in [0.05, 0.1) is 17.4 Å². The third-order valence-electron chi connectivity index (χ3n) is 3.97. The first kappa shape index (κ1) is 17.0. The molecular formula is C19H20N2O4. The molecule has 3 N–H and O–H groups in total. The van der Waals surface area contributed by atoms with Crippen LogP contribution in [0.1, 0.15) is 33.2 Å². The van der Waals surface area contributed by atoms with Gasteiger partial charge in [-0.25, -0.2) is 0 Å². The topological polar surface area (TPSA) is 87.7 Å². The van der Waals surface area contributed by atoms with Crippen LogP contribution in [-0.4, -0.2) is 30.1 Å². The van der Waals surface area contributed by atoms with E-state index in [1.165, 1.54) is 0 Å². The van der Waals surface area contributed by atoms with Gasteiger partial charge in [0.2, 0.25) is 0 Å². The molecule has 25 heavy (non-hydrogen) atoms. The van der Waals surface area contributed by atoms with Crippen LogP contribution >= 0.6 is 0 Å². The van der Waals surface area contributed by atoms with Crippen LogP contribution in [0.4, 0.5) is 5.69 Å². The number of aryl methyl sites for hydroxylation is 2. The highest BCUT2D eigenvalue weighted by molar-refractivity contribution is 6.03. The van der Waals surface area contributed by atoms with E-state index in [-0.39, 0.29) is 25.0 Å². The molecule has 0 spiro atoms. The molecule has 1 unspecified atom stereocenters. The number of aliphatic hydroxyl groups is 1. The fraction of sp³-hybridized carbons (Fsp3) is 0.263. The number of ether oxygens (including phenoxy) is 1. The van der Waals surface area contributed by atoms with Crippen LogP contribution in [0, 0.1) is 13.8 Å². The summed E-state index contributed by atoms with van der Waals surface area (Å²) in [6, 6.07) is 10.8. The van der Waals surface area contributed by atoms with Gasteiger partial charge in [-0.3, -0.25) is 9.59 Å². The van der Waals surface area contributed by atoms with E-state index in [2.05, 4.69) is 10.6 Å². The fourth-order valence-electron chi connectivity index (χ4n) is 2.90. The minimum Gasteiger partial charge on any atom is -0.481 e. The predicted molar refractivity (Wildman–Crippen MR) is 93.8 cm³/mol. The summed E-state index contributed by atoms with van der Waals surface area (Å²) in [4.78, 5) is 23.8. The van der Waals surface area contributed by atoms with Crippen molar-refractivity contribution < 1.29 is 19.4 Å². The van der Waals surface area contributed by atoms with Gasteiger partial charge in [-0.05, 0) is 31.5 Å². The number of rotatable bonds is 4. The van der Waals surface area contributed by atoms with Crippen LogP contribution in [0.2, 0.25) is 0 Å². The fourth-order valence-corrected chi connectivity index (χ4v) is 2.90. The number of fused-ring (bicyclic) bond motifs is 1. The molecule has 1 aliphatic rings. The Morgan fingerprint density at radius 2 is 2.00 bits per heavy atom. The van der Waals surface area contributed by atoms with E-state index in [1.807, 2.05) is 32.0 Å². The van der Waals surface area contributed by atoms with E-state index in [9.17, 15) is 14.7 Å². The molecule has 0 aliphatic carbocycles. The Morgan fingerprint density at radius 1 is 1.28 bits per heavy atom. The minimum absolute atomic E-state index is 0.0811. The molecule has 3 rings (SSSR count). The van der Waals surface area contributed by atoms with Crippen molar-refractivity contribution >= 4 is 17.5 Å². The molecular weight excluding hydrogens is 320 g/mol. The Labute approximate surface area is 145 Å². The second-order valence-corrected chi connectivity index (χ2v) is 6.17. The molecule has 1 heterocycles. The van der Waals surface area contributed by atoms with E-state index < -0.39 is 6.10 Å². The van der Waals surface area contributed by atoms with Crippen molar-refractivity contribution in [3.8, 4) is 5.75 Å². The number of amides is 2. The first-order valence-electron chi connectivity index (χ1n) is 8.04. The van der Waals surface area contributed by atoms with Crippen molar-refractivity contribution in [2.75, 3.05) is 18.5 Å². The van der Waals surface area contributed by atoms with E-state index in [1.54, 1.807) is 18.2 Å². The highest BCUT2D eigenvalue weighted by atomic mass is 16.5. The Morgan fingerprint density at radius 3 is 2.72 bits per heavy atom. The zero-order chi connectivity index (χ0) is 18.0. The molecule has 2 aromatic carbocycles. The monoisotopic (exact) mass is 340 g/mol. The van der Waals surface area contributed by atoms with Crippen LogP contribution < -0.4 is 15.4 Å². The van der Waals surface area contributed by atoms with Crippen molar-refractivity contribution in [1.29, 1.82) is 0 Å². The summed E-state index contributed by atoms with van der Waals surface area (Å²) in [5, 5.41) is 15.7. The van der Waals surface area contributed by atoms with Crippen molar-refractivity contribution in [3.63, 3.8) is 0 Å². The number of carbonyl (C=O) groups excluding carboxylic acids is 2.